The highest BCUT2D eigenvalue weighted by atomic mass is 16.6. The minimum absolute atomic E-state index is 0.0813. The maximum atomic E-state index is 13.0. The molecule has 3 unspecified atom stereocenters. The molecule has 7 nitrogen and oxygen atoms in total. The first kappa shape index (κ1) is 22.7. The summed E-state index contributed by atoms with van der Waals surface area (Å²) in [5, 5.41) is 15.2. The Balaban J connectivity index is 2.16. The van der Waals surface area contributed by atoms with Crippen LogP contribution in [0, 0.1) is 11.3 Å². The molecule has 4 atom stereocenters. The molecular weight excluding hydrogens is 372 g/mol. The summed E-state index contributed by atoms with van der Waals surface area (Å²) in [6.07, 6.45) is -0.0362. The molecule has 0 aliphatic heterocycles. The van der Waals surface area contributed by atoms with Crippen molar-refractivity contribution in [1.29, 1.82) is 0 Å². The van der Waals surface area contributed by atoms with Crippen molar-refractivity contribution >= 4 is 18.0 Å². The summed E-state index contributed by atoms with van der Waals surface area (Å²) in [5.41, 5.74) is -0.397. The molecule has 0 bridgehead atoms. The van der Waals surface area contributed by atoms with Crippen LogP contribution in [0.5, 0.6) is 0 Å². The van der Waals surface area contributed by atoms with Crippen molar-refractivity contribution in [1.82, 2.24) is 10.6 Å². The van der Waals surface area contributed by atoms with Gasteiger partial charge in [-0.1, -0.05) is 51.1 Å². The summed E-state index contributed by atoms with van der Waals surface area (Å²) < 4.78 is 5.25. The van der Waals surface area contributed by atoms with Crippen molar-refractivity contribution in [2.24, 2.45) is 11.3 Å². The highest BCUT2D eigenvalue weighted by Gasteiger charge is 2.46. The van der Waals surface area contributed by atoms with Gasteiger partial charge in [-0.05, 0) is 38.2 Å². The van der Waals surface area contributed by atoms with Crippen LogP contribution in [0.1, 0.15) is 59.4 Å². The summed E-state index contributed by atoms with van der Waals surface area (Å²) in [7, 11) is 0. The maximum Gasteiger partial charge on any atom is 0.408 e. The van der Waals surface area contributed by atoms with Crippen molar-refractivity contribution in [2.75, 3.05) is 0 Å². The molecule has 2 amide bonds. The summed E-state index contributed by atoms with van der Waals surface area (Å²) in [5.74, 6) is -2.59. The second-order valence-corrected chi connectivity index (χ2v) is 9.67. The molecule has 1 aliphatic carbocycles. The zero-order valence-electron chi connectivity index (χ0n) is 18.0. The van der Waals surface area contributed by atoms with Crippen LogP contribution in [0.2, 0.25) is 0 Å². The Bertz CT molecular complexity index is 749. The molecule has 0 aromatic heterocycles. The van der Waals surface area contributed by atoms with Gasteiger partial charge in [0.05, 0.1) is 5.92 Å². The van der Waals surface area contributed by atoms with E-state index in [1.165, 1.54) is 0 Å². The van der Waals surface area contributed by atoms with E-state index < -0.39 is 40.9 Å². The molecule has 160 valence electrons. The molecule has 0 heterocycles. The molecule has 7 heteroatoms. The number of hydrogen-bond donors (Lipinski definition) is 3. The van der Waals surface area contributed by atoms with Crippen LogP contribution in [0.25, 0.3) is 0 Å². The molecule has 0 spiro atoms. The third-order valence-corrected chi connectivity index (χ3v) is 4.83. The lowest BCUT2D eigenvalue weighted by Gasteiger charge is -2.34. The van der Waals surface area contributed by atoms with Gasteiger partial charge < -0.3 is 20.5 Å². The van der Waals surface area contributed by atoms with Crippen LogP contribution >= 0.6 is 0 Å². The number of alkyl carbamates (subject to hydrolysis) is 1. The summed E-state index contributed by atoms with van der Waals surface area (Å²) in [6.45, 7) is 10.3. The van der Waals surface area contributed by atoms with E-state index in [0.29, 0.717) is 0 Å². The molecular formula is C22H32N2O5. The number of nitrogens with one attached hydrogen (secondary N) is 2. The molecule has 3 N–H and O–H groups in total. The number of aliphatic carboxylic acids is 1. The molecule has 0 radical (unpaired) electrons. The minimum Gasteiger partial charge on any atom is -0.481 e. The van der Waals surface area contributed by atoms with E-state index in [-0.39, 0.29) is 12.0 Å². The average Bonchev–Trinajstić information content (AvgIpc) is 3.30. The zero-order chi connectivity index (χ0) is 22.0. The third-order valence-electron chi connectivity index (χ3n) is 4.83. The Morgan fingerprint density at radius 2 is 1.66 bits per heavy atom. The Morgan fingerprint density at radius 3 is 2.14 bits per heavy atom. The lowest BCUT2D eigenvalue weighted by atomic mass is 9.76. The van der Waals surface area contributed by atoms with Crippen LogP contribution in [0.15, 0.2) is 30.3 Å². The van der Waals surface area contributed by atoms with Gasteiger partial charge in [0.15, 0.2) is 0 Å². The van der Waals surface area contributed by atoms with Gasteiger partial charge in [0.1, 0.15) is 11.6 Å². The normalized spacial score (nSPS) is 20.9. The van der Waals surface area contributed by atoms with E-state index in [9.17, 15) is 19.5 Å². The van der Waals surface area contributed by atoms with Gasteiger partial charge in [-0.2, -0.15) is 0 Å². The molecule has 1 aromatic carbocycles. The fourth-order valence-electron chi connectivity index (χ4n) is 3.44. The number of hydrogen-bond acceptors (Lipinski definition) is 4. The molecule has 1 fully saturated rings. The van der Waals surface area contributed by atoms with E-state index in [4.69, 9.17) is 4.74 Å². The predicted octanol–water partition coefficient (Wildman–Crippen LogP) is 3.30. The van der Waals surface area contributed by atoms with Gasteiger partial charge in [0.25, 0.3) is 0 Å². The van der Waals surface area contributed by atoms with E-state index in [2.05, 4.69) is 10.6 Å². The highest BCUT2D eigenvalue weighted by molar-refractivity contribution is 5.91. The van der Waals surface area contributed by atoms with Gasteiger partial charge in [-0.25, -0.2) is 4.79 Å². The lowest BCUT2D eigenvalue weighted by molar-refractivity contribution is -0.150. The predicted molar refractivity (Wildman–Crippen MR) is 109 cm³/mol. The van der Waals surface area contributed by atoms with Gasteiger partial charge in [-0.15, -0.1) is 0 Å². The lowest BCUT2D eigenvalue weighted by Crippen LogP contribution is -2.57. The van der Waals surface area contributed by atoms with Crippen molar-refractivity contribution in [3.8, 4) is 0 Å². The highest BCUT2D eigenvalue weighted by Crippen LogP contribution is 2.41. The molecule has 1 saturated carbocycles. The fraction of sp³-hybridized carbons (Fsp3) is 0.591. The number of carboxylic acids is 1. The number of carbonyl (C=O) groups is 3. The quantitative estimate of drug-likeness (QED) is 0.675. The van der Waals surface area contributed by atoms with Crippen LogP contribution in [-0.4, -0.2) is 40.8 Å². The van der Waals surface area contributed by atoms with Gasteiger partial charge >= 0.3 is 12.1 Å². The van der Waals surface area contributed by atoms with Gasteiger partial charge in [0, 0.05) is 12.0 Å². The molecule has 0 saturated heterocycles. The second kappa shape index (κ2) is 8.43. The third kappa shape index (κ3) is 6.48. The first-order chi connectivity index (χ1) is 13.3. The van der Waals surface area contributed by atoms with Crippen molar-refractivity contribution in [2.45, 2.75) is 71.6 Å². The topological polar surface area (TPSA) is 105 Å². The Morgan fingerprint density at radius 1 is 1.07 bits per heavy atom. The summed E-state index contributed by atoms with van der Waals surface area (Å²) >= 11 is 0. The first-order valence-electron chi connectivity index (χ1n) is 9.87. The van der Waals surface area contributed by atoms with Crippen molar-refractivity contribution < 1.29 is 24.2 Å². The first-order valence-corrected chi connectivity index (χ1v) is 9.87. The molecule has 2 rings (SSSR count). The number of benzene rings is 1. The Hall–Kier alpha value is -2.57. The number of carboxylic acid groups (broad SMARTS) is 1. The SMILES string of the molecule is CC(C)(C)OC(=O)N[C@H](C(=O)NC1CC1c1ccccc1)C(C(=O)O)C(C)(C)C. The summed E-state index contributed by atoms with van der Waals surface area (Å²) in [6, 6.07) is 8.49. The Labute approximate surface area is 172 Å². The number of rotatable bonds is 6. The van der Waals surface area contributed by atoms with Crippen molar-refractivity contribution in [3.05, 3.63) is 35.9 Å². The van der Waals surface area contributed by atoms with Crippen LogP contribution < -0.4 is 10.6 Å². The van der Waals surface area contributed by atoms with E-state index >= 15 is 0 Å². The van der Waals surface area contributed by atoms with E-state index in [1.807, 2.05) is 30.3 Å². The Kier molecular flexibility index (Phi) is 6.60. The van der Waals surface area contributed by atoms with Gasteiger partial charge in [0.2, 0.25) is 5.91 Å². The second-order valence-electron chi connectivity index (χ2n) is 9.67. The number of carbonyl (C=O) groups excluding carboxylic acids is 2. The minimum atomic E-state index is -1.25. The number of ether oxygens (including phenoxy) is 1. The standard InChI is InChI=1S/C22H32N2O5/c1-21(2,3)16(19(26)27)17(24-20(28)29-22(4,5)6)18(25)23-15-12-14(15)13-10-8-7-9-11-13/h7-11,14-17H,12H2,1-6H3,(H,23,25)(H,24,28)(H,26,27)/t14?,15?,16?,17-/m0/s1. The maximum absolute atomic E-state index is 13.0. The van der Waals surface area contributed by atoms with Crippen LogP contribution in [0.3, 0.4) is 0 Å². The van der Waals surface area contributed by atoms with Gasteiger partial charge in [-0.3, -0.25) is 9.59 Å². The molecule has 1 aliphatic rings. The monoisotopic (exact) mass is 404 g/mol. The molecule has 1 aromatic rings. The largest absolute Gasteiger partial charge is 0.481 e. The van der Waals surface area contributed by atoms with E-state index in [1.54, 1.807) is 41.5 Å². The van der Waals surface area contributed by atoms with Crippen LogP contribution in [-0.2, 0) is 14.3 Å². The number of amides is 2. The molecule has 29 heavy (non-hydrogen) atoms. The van der Waals surface area contributed by atoms with E-state index in [0.717, 1.165) is 12.0 Å². The van der Waals surface area contributed by atoms with Crippen molar-refractivity contribution in [3.63, 3.8) is 0 Å². The smallest absolute Gasteiger partial charge is 0.408 e. The zero-order valence-corrected chi connectivity index (χ0v) is 18.0. The summed E-state index contributed by atoms with van der Waals surface area (Å²) in [4.78, 5) is 37.3. The van der Waals surface area contributed by atoms with Crippen LogP contribution in [0.4, 0.5) is 4.79 Å². The average molecular weight is 405 g/mol. The fourth-order valence-corrected chi connectivity index (χ4v) is 3.44.